The lowest BCUT2D eigenvalue weighted by molar-refractivity contribution is -0.120. The van der Waals surface area contributed by atoms with E-state index in [2.05, 4.69) is 20.6 Å². The van der Waals surface area contributed by atoms with E-state index in [1.165, 1.54) is 19.3 Å². The largest absolute Gasteiger partial charge is 0.342 e. The van der Waals surface area contributed by atoms with Crippen molar-refractivity contribution in [1.29, 1.82) is 0 Å². The zero-order chi connectivity index (χ0) is 14.9. The Morgan fingerprint density at radius 1 is 1.17 bits per heavy atom. The van der Waals surface area contributed by atoms with Crippen molar-refractivity contribution in [3.63, 3.8) is 0 Å². The molecule has 1 aromatic heterocycles. The average Bonchev–Trinajstić information content (AvgIpc) is 2.88. The molecule has 1 aliphatic heterocycles. The fourth-order valence-corrected chi connectivity index (χ4v) is 3.31. The van der Waals surface area contributed by atoms with Crippen molar-refractivity contribution in [3.05, 3.63) is 24.0 Å². The number of amides is 1. The minimum Gasteiger partial charge on any atom is -0.342 e. The van der Waals surface area contributed by atoms with Crippen LogP contribution in [0.25, 0.3) is 11.0 Å². The first kappa shape index (κ1) is 16.3. The SMILES string of the molecule is Cl.O=C(Nc1ccc2nc(C3CCC3)[nH]c2c1)C1CCNCC1. The predicted octanol–water partition coefficient (Wildman–Crippen LogP) is 3.19. The fourth-order valence-electron chi connectivity index (χ4n) is 3.31. The Morgan fingerprint density at radius 3 is 2.65 bits per heavy atom. The van der Waals surface area contributed by atoms with Crippen LogP contribution in [0.5, 0.6) is 0 Å². The topological polar surface area (TPSA) is 69.8 Å². The van der Waals surface area contributed by atoms with Gasteiger partial charge in [0.05, 0.1) is 11.0 Å². The van der Waals surface area contributed by atoms with Crippen molar-refractivity contribution in [2.75, 3.05) is 18.4 Å². The molecule has 0 bridgehead atoms. The third kappa shape index (κ3) is 3.35. The Balaban J connectivity index is 0.00000156. The second-order valence-electron chi connectivity index (χ2n) is 6.50. The van der Waals surface area contributed by atoms with Gasteiger partial charge in [0.15, 0.2) is 0 Å². The predicted molar refractivity (Wildman–Crippen MR) is 94.2 cm³/mol. The Labute approximate surface area is 142 Å². The van der Waals surface area contributed by atoms with Crippen LogP contribution in [0.2, 0.25) is 0 Å². The lowest BCUT2D eigenvalue weighted by atomic mass is 9.85. The monoisotopic (exact) mass is 334 g/mol. The molecule has 2 aromatic rings. The van der Waals surface area contributed by atoms with E-state index in [1.807, 2.05) is 18.2 Å². The van der Waals surface area contributed by atoms with Gasteiger partial charge in [-0.25, -0.2) is 4.98 Å². The van der Waals surface area contributed by atoms with Crippen LogP contribution in [-0.2, 0) is 4.79 Å². The van der Waals surface area contributed by atoms with E-state index in [4.69, 9.17) is 0 Å². The summed E-state index contributed by atoms with van der Waals surface area (Å²) < 4.78 is 0. The van der Waals surface area contributed by atoms with Gasteiger partial charge in [-0.1, -0.05) is 6.42 Å². The summed E-state index contributed by atoms with van der Waals surface area (Å²) >= 11 is 0. The highest BCUT2D eigenvalue weighted by molar-refractivity contribution is 5.94. The number of benzene rings is 1. The molecule has 124 valence electrons. The van der Waals surface area contributed by atoms with E-state index in [9.17, 15) is 4.79 Å². The van der Waals surface area contributed by atoms with E-state index in [-0.39, 0.29) is 24.2 Å². The number of H-pyrrole nitrogens is 1. The number of imidazole rings is 1. The van der Waals surface area contributed by atoms with Gasteiger partial charge < -0.3 is 15.6 Å². The summed E-state index contributed by atoms with van der Waals surface area (Å²) in [6, 6.07) is 5.95. The average molecular weight is 335 g/mol. The highest BCUT2D eigenvalue weighted by atomic mass is 35.5. The maximum absolute atomic E-state index is 12.3. The van der Waals surface area contributed by atoms with Crippen LogP contribution in [0.3, 0.4) is 0 Å². The second-order valence-corrected chi connectivity index (χ2v) is 6.50. The summed E-state index contributed by atoms with van der Waals surface area (Å²) in [5.74, 6) is 1.96. The number of nitrogens with one attached hydrogen (secondary N) is 3. The molecular weight excluding hydrogens is 312 g/mol. The molecule has 2 heterocycles. The van der Waals surface area contributed by atoms with Gasteiger partial charge in [0.2, 0.25) is 5.91 Å². The number of carbonyl (C=O) groups excluding carboxylic acids is 1. The lowest BCUT2D eigenvalue weighted by Gasteiger charge is -2.22. The maximum atomic E-state index is 12.3. The molecule has 1 saturated heterocycles. The van der Waals surface area contributed by atoms with Crippen LogP contribution >= 0.6 is 12.4 Å². The molecule has 23 heavy (non-hydrogen) atoms. The molecule has 3 N–H and O–H groups in total. The fraction of sp³-hybridized carbons (Fsp3) is 0.529. The summed E-state index contributed by atoms with van der Waals surface area (Å²) in [5.41, 5.74) is 2.87. The number of hydrogen-bond acceptors (Lipinski definition) is 3. The van der Waals surface area contributed by atoms with E-state index in [0.29, 0.717) is 5.92 Å². The molecule has 5 nitrogen and oxygen atoms in total. The first-order valence-corrected chi connectivity index (χ1v) is 8.31. The molecule has 1 saturated carbocycles. The van der Waals surface area contributed by atoms with Gasteiger partial charge in [-0.05, 0) is 57.0 Å². The quantitative estimate of drug-likeness (QED) is 0.807. The van der Waals surface area contributed by atoms with E-state index in [1.54, 1.807) is 0 Å². The molecule has 4 rings (SSSR count). The van der Waals surface area contributed by atoms with Gasteiger partial charge in [0.25, 0.3) is 0 Å². The van der Waals surface area contributed by atoms with Crippen LogP contribution in [-0.4, -0.2) is 29.0 Å². The number of anilines is 1. The zero-order valence-corrected chi connectivity index (χ0v) is 13.9. The van der Waals surface area contributed by atoms with Crippen molar-refractivity contribution >= 4 is 35.0 Å². The highest BCUT2D eigenvalue weighted by Gasteiger charge is 2.23. The summed E-state index contributed by atoms with van der Waals surface area (Å²) in [5, 5.41) is 6.34. The lowest BCUT2D eigenvalue weighted by Crippen LogP contribution is -2.34. The highest BCUT2D eigenvalue weighted by Crippen LogP contribution is 2.35. The third-order valence-electron chi connectivity index (χ3n) is 4.97. The molecular formula is C17H23ClN4O. The van der Waals surface area contributed by atoms with Crippen LogP contribution in [0, 0.1) is 5.92 Å². The molecule has 2 fully saturated rings. The number of aromatic amines is 1. The molecule has 1 aromatic carbocycles. The molecule has 0 radical (unpaired) electrons. The number of halogens is 1. The number of rotatable bonds is 3. The second kappa shape index (κ2) is 6.89. The van der Waals surface area contributed by atoms with Gasteiger partial charge in [-0.2, -0.15) is 0 Å². The van der Waals surface area contributed by atoms with Crippen LogP contribution in [0.1, 0.15) is 43.8 Å². The molecule has 1 aliphatic carbocycles. The smallest absolute Gasteiger partial charge is 0.227 e. The van der Waals surface area contributed by atoms with Crippen molar-refractivity contribution < 1.29 is 4.79 Å². The molecule has 0 atom stereocenters. The standard InChI is InChI=1S/C17H22N4O.ClH/c22-17(12-6-8-18-9-7-12)19-13-4-5-14-15(10-13)21-16(20-14)11-2-1-3-11;/h4-5,10-12,18H,1-3,6-9H2,(H,19,22)(H,20,21);1H. The maximum Gasteiger partial charge on any atom is 0.227 e. The Kier molecular flexibility index (Phi) is 4.87. The number of aromatic nitrogens is 2. The number of hydrogen-bond donors (Lipinski definition) is 3. The van der Waals surface area contributed by atoms with Crippen molar-refractivity contribution in [2.24, 2.45) is 5.92 Å². The normalized spacial score (nSPS) is 19.1. The van der Waals surface area contributed by atoms with Gasteiger partial charge in [-0.3, -0.25) is 4.79 Å². The molecule has 1 amide bonds. The Bertz CT molecular complexity index is 689. The minimum atomic E-state index is 0. The summed E-state index contributed by atoms with van der Waals surface area (Å²) in [6.07, 6.45) is 5.62. The van der Waals surface area contributed by atoms with E-state index in [0.717, 1.165) is 48.5 Å². The number of piperidine rings is 1. The van der Waals surface area contributed by atoms with Crippen LogP contribution in [0.15, 0.2) is 18.2 Å². The number of nitrogens with zero attached hydrogens (tertiary/aromatic N) is 1. The van der Waals surface area contributed by atoms with Gasteiger partial charge in [0.1, 0.15) is 5.82 Å². The van der Waals surface area contributed by atoms with Gasteiger partial charge in [-0.15, -0.1) is 12.4 Å². The molecule has 0 spiro atoms. The summed E-state index contributed by atoms with van der Waals surface area (Å²) in [6.45, 7) is 1.87. The van der Waals surface area contributed by atoms with Crippen molar-refractivity contribution in [2.45, 2.75) is 38.0 Å². The number of fused-ring (bicyclic) bond motifs is 1. The number of carbonyl (C=O) groups is 1. The van der Waals surface area contributed by atoms with E-state index >= 15 is 0 Å². The molecule has 2 aliphatic rings. The third-order valence-corrected chi connectivity index (χ3v) is 4.97. The zero-order valence-electron chi connectivity index (χ0n) is 13.1. The van der Waals surface area contributed by atoms with Crippen molar-refractivity contribution in [1.82, 2.24) is 15.3 Å². The van der Waals surface area contributed by atoms with Crippen LogP contribution in [0.4, 0.5) is 5.69 Å². The van der Waals surface area contributed by atoms with Gasteiger partial charge >= 0.3 is 0 Å². The summed E-state index contributed by atoms with van der Waals surface area (Å²) in [7, 11) is 0. The first-order chi connectivity index (χ1) is 10.8. The Hall–Kier alpha value is -1.59. The summed E-state index contributed by atoms with van der Waals surface area (Å²) in [4.78, 5) is 20.4. The molecule has 0 unspecified atom stereocenters. The van der Waals surface area contributed by atoms with Crippen molar-refractivity contribution in [3.8, 4) is 0 Å². The van der Waals surface area contributed by atoms with Crippen LogP contribution < -0.4 is 10.6 Å². The Morgan fingerprint density at radius 2 is 1.96 bits per heavy atom. The first-order valence-electron chi connectivity index (χ1n) is 8.31. The molecule has 6 heteroatoms. The van der Waals surface area contributed by atoms with E-state index < -0.39 is 0 Å². The van der Waals surface area contributed by atoms with Gasteiger partial charge in [0, 0.05) is 17.5 Å². The minimum absolute atomic E-state index is 0.